The van der Waals surface area contributed by atoms with E-state index < -0.39 is 11.6 Å². The first-order valence-corrected chi connectivity index (χ1v) is 6.32. The van der Waals surface area contributed by atoms with E-state index in [0.29, 0.717) is 6.54 Å². The lowest BCUT2D eigenvalue weighted by molar-refractivity contribution is -0.117. The Morgan fingerprint density at radius 2 is 2.28 bits per heavy atom. The Kier molecular flexibility index (Phi) is 3.56. The van der Waals surface area contributed by atoms with Gasteiger partial charge in [-0.2, -0.15) is 0 Å². The van der Waals surface area contributed by atoms with Gasteiger partial charge in [0.15, 0.2) is 16.7 Å². The lowest BCUT2D eigenvalue weighted by Gasteiger charge is -2.17. The molecule has 1 aliphatic heterocycles. The minimum Gasteiger partial charge on any atom is -0.503 e. The molecule has 0 aromatic heterocycles. The molecule has 0 bridgehead atoms. The average Bonchev–Trinajstić information content (AvgIpc) is 2.62. The highest BCUT2D eigenvalue weighted by Crippen LogP contribution is 2.35. The second-order valence-corrected chi connectivity index (χ2v) is 5.52. The maximum absolute atomic E-state index is 13.2. The molecular formula is C12H12FNO3S. The molecule has 0 saturated carbocycles. The van der Waals surface area contributed by atoms with Gasteiger partial charge in [0.05, 0.1) is 5.69 Å². The van der Waals surface area contributed by atoms with Crippen molar-refractivity contribution in [3.05, 3.63) is 24.0 Å². The molecule has 1 saturated heterocycles. The molecule has 1 N–H and O–H groups in total. The number of aromatic hydroxyl groups is 1. The molecule has 1 atom stereocenters. The van der Waals surface area contributed by atoms with Crippen molar-refractivity contribution in [1.29, 1.82) is 0 Å². The van der Waals surface area contributed by atoms with Gasteiger partial charge >= 0.3 is 0 Å². The second kappa shape index (κ2) is 4.97. The normalized spacial score (nSPS) is 19.3. The van der Waals surface area contributed by atoms with Gasteiger partial charge in [0.1, 0.15) is 0 Å². The number of carbonyl (C=O) groups is 2. The summed E-state index contributed by atoms with van der Waals surface area (Å²) in [6.45, 7) is 1.75. The number of benzene rings is 1. The van der Waals surface area contributed by atoms with E-state index in [9.17, 15) is 19.1 Å². The van der Waals surface area contributed by atoms with Crippen molar-refractivity contribution in [1.82, 2.24) is 0 Å². The third kappa shape index (κ3) is 2.48. The van der Waals surface area contributed by atoms with Crippen LogP contribution in [-0.4, -0.2) is 27.9 Å². The molecule has 1 unspecified atom stereocenters. The molecule has 1 heterocycles. The first-order valence-electron chi connectivity index (χ1n) is 5.44. The predicted octanol–water partition coefficient (Wildman–Crippen LogP) is 1.92. The van der Waals surface area contributed by atoms with E-state index in [1.165, 1.54) is 24.0 Å². The standard InChI is InChI=1S/C12H12FNO3S/c1-7(15)18-8-5-11(16)14(6-8)10-4-2-3-9(13)12(10)17/h2-4,8,17H,5-6H2,1H3. The fraction of sp³-hybridized carbons (Fsp3) is 0.333. The molecule has 1 aromatic rings. The molecule has 6 heteroatoms. The lowest BCUT2D eigenvalue weighted by atomic mass is 10.2. The van der Waals surface area contributed by atoms with Crippen molar-refractivity contribution < 1.29 is 19.1 Å². The van der Waals surface area contributed by atoms with Gasteiger partial charge in [-0.1, -0.05) is 17.8 Å². The van der Waals surface area contributed by atoms with E-state index in [0.717, 1.165) is 17.8 Å². The summed E-state index contributed by atoms with van der Waals surface area (Å²) < 4.78 is 13.2. The highest BCUT2D eigenvalue weighted by atomic mass is 32.2. The smallest absolute Gasteiger partial charge is 0.228 e. The van der Waals surface area contributed by atoms with Crippen molar-refractivity contribution in [3.8, 4) is 5.75 Å². The quantitative estimate of drug-likeness (QED) is 0.891. The number of hydrogen-bond donors (Lipinski definition) is 1. The number of phenolic OH excluding ortho intramolecular Hbond substituents is 1. The molecule has 1 aliphatic rings. The number of para-hydroxylation sites is 1. The number of amides is 1. The predicted molar refractivity (Wildman–Crippen MR) is 67.1 cm³/mol. The number of halogens is 1. The summed E-state index contributed by atoms with van der Waals surface area (Å²) in [5, 5.41) is 9.40. The SMILES string of the molecule is CC(=O)SC1CC(=O)N(c2cccc(F)c2O)C1. The van der Waals surface area contributed by atoms with Crippen molar-refractivity contribution in [3.63, 3.8) is 0 Å². The Labute approximate surface area is 108 Å². The van der Waals surface area contributed by atoms with E-state index in [4.69, 9.17) is 0 Å². The van der Waals surface area contributed by atoms with Gasteiger partial charge in [0, 0.05) is 25.1 Å². The third-order valence-electron chi connectivity index (χ3n) is 2.68. The molecule has 96 valence electrons. The molecule has 18 heavy (non-hydrogen) atoms. The summed E-state index contributed by atoms with van der Waals surface area (Å²) in [6, 6.07) is 4.04. The fourth-order valence-corrected chi connectivity index (χ4v) is 2.86. The van der Waals surface area contributed by atoms with Crippen molar-refractivity contribution in [2.75, 3.05) is 11.4 Å². The molecule has 1 fully saturated rings. The molecule has 4 nitrogen and oxygen atoms in total. The number of phenols is 1. The lowest BCUT2D eigenvalue weighted by Crippen LogP contribution is -2.25. The van der Waals surface area contributed by atoms with Crippen molar-refractivity contribution in [2.45, 2.75) is 18.6 Å². The van der Waals surface area contributed by atoms with Gasteiger partial charge < -0.3 is 10.0 Å². The largest absolute Gasteiger partial charge is 0.503 e. The van der Waals surface area contributed by atoms with Gasteiger partial charge in [-0.05, 0) is 12.1 Å². The van der Waals surface area contributed by atoms with Crippen LogP contribution in [0.1, 0.15) is 13.3 Å². The Morgan fingerprint density at radius 1 is 1.56 bits per heavy atom. The van der Waals surface area contributed by atoms with Crippen LogP contribution in [0.4, 0.5) is 10.1 Å². The maximum Gasteiger partial charge on any atom is 0.228 e. The molecule has 0 spiro atoms. The third-order valence-corrected chi connectivity index (χ3v) is 3.66. The van der Waals surface area contributed by atoms with Crippen LogP contribution in [0.3, 0.4) is 0 Å². The summed E-state index contributed by atoms with van der Waals surface area (Å²) in [7, 11) is 0. The zero-order valence-corrected chi connectivity index (χ0v) is 10.5. The van der Waals surface area contributed by atoms with Crippen molar-refractivity contribution >= 4 is 28.5 Å². The monoisotopic (exact) mass is 269 g/mol. The minimum atomic E-state index is -0.761. The van der Waals surface area contributed by atoms with Gasteiger partial charge in [0.25, 0.3) is 0 Å². The summed E-state index contributed by atoms with van der Waals surface area (Å²) >= 11 is 1.10. The number of anilines is 1. The van der Waals surface area contributed by atoms with E-state index in [-0.39, 0.29) is 28.4 Å². The number of carbonyl (C=O) groups excluding carboxylic acids is 2. The molecular weight excluding hydrogens is 257 g/mol. The van der Waals surface area contributed by atoms with Crippen LogP contribution in [0.5, 0.6) is 5.75 Å². The summed E-state index contributed by atoms with van der Waals surface area (Å²) in [6.07, 6.45) is 0.222. The topological polar surface area (TPSA) is 57.6 Å². The fourth-order valence-electron chi connectivity index (χ4n) is 1.94. The Hall–Kier alpha value is -1.56. The summed E-state index contributed by atoms with van der Waals surface area (Å²) in [5.74, 6) is -1.50. The zero-order chi connectivity index (χ0) is 13.3. The van der Waals surface area contributed by atoms with Crippen LogP contribution in [0.2, 0.25) is 0 Å². The first-order chi connectivity index (χ1) is 8.49. The number of thioether (sulfide) groups is 1. The van der Waals surface area contributed by atoms with Crippen molar-refractivity contribution in [2.24, 2.45) is 0 Å². The molecule has 1 amide bonds. The van der Waals surface area contributed by atoms with Gasteiger partial charge in [-0.15, -0.1) is 0 Å². The summed E-state index contributed by atoms with van der Waals surface area (Å²) in [4.78, 5) is 24.1. The van der Waals surface area contributed by atoms with Crippen LogP contribution in [-0.2, 0) is 9.59 Å². The van der Waals surface area contributed by atoms with E-state index in [1.54, 1.807) is 0 Å². The molecule has 0 aliphatic carbocycles. The van der Waals surface area contributed by atoms with Crippen LogP contribution < -0.4 is 4.90 Å². The van der Waals surface area contributed by atoms with Crippen LogP contribution >= 0.6 is 11.8 Å². The van der Waals surface area contributed by atoms with Gasteiger partial charge in [-0.3, -0.25) is 9.59 Å². The van der Waals surface area contributed by atoms with Gasteiger partial charge in [-0.25, -0.2) is 4.39 Å². The first kappa shape index (κ1) is 12.9. The van der Waals surface area contributed by atoms with E-state index in [1.807, 2.05) is 0 Å². The molecule has 1 aromatic carbocycles. The van der Waals surface area contributed by atoms with Gasteiger partial charge in [0.2, 0.25) is 5.91 Å². The maximum atomic E-state index is 13.2. The Balaban J connectivity index is 2.22. The molecule has 2 rings (SSSR count). The minimum absolute atomic E-state index is 0.0573. The van der Waals surface area contributed by atoms with Crippen LogP contribution in [0.25, 0.3) is 0 Å². The number of rotatable bonds is 2. The zero-order valence-electron chi connectivity index (χ0n) is 9.72. The number of hydrogen-bond acceptors (Lipinski definition) is 4. The van der Waals surface area contributed by atoms with Crippen LogP contribution in [0.15, 0.2) is 18.2 Å². The Bertz CT molecular complexity index is 506. The van der Waals surface area contributed by atoms with E-state index >= 15 is 0 Å². The van der Waals surface area contributed by atoms with E-state index in [2.05, 4.69) is 0 Å². The highest BCUT2D eigenvalue weighted by Gasteiger charge is 2.33. The number of nitrogens with zero attached hydrogens (tertiary/aromatic N) is 1. The van der Waals surface area contributed by atoms with Crippen LogP contribution in [0, 0.1) is 5.82 Å². The molecule has 0 radical (unpaired) electrons. The Morgan fingerprint density at radius 3 is 2.94 bits per heavy atom. The average molecular weight is 269 g/mol. The highest BCUT2D eigenvalue weighted by molar-refractivity contribution is 8.14. The second-order valence-electron chi connectivity index (χ2n) is 4.05. The summed E-state index contributed by atoms with van der Waals surface area (Å²) in [5.41, 5.74) is 0.159.